The van der Waals surface area contributed by atoms with Crippen molar-refractivity contribution in [3.05, 3.63) is 48.6 Å². The van der Waals surface area contributed by atoms with Gasteiger partial charge >= 0.3 is 19.8 Å². The molecular weight excluding hydrogens is 631 g/mol. The van der Waals surface area contributed by atoms with Gasteiger partial charge in [0.2, 0.25) is 0 Å². The van der Waals surface area contributed by atoms with Crippen LogP contribution in [0, 0.1) is 5.92 Å². The predicted octanol–water partition coefficient (Wildman–Crippen LogP) is 9.61. The van der Waals surface area contributed by atoms with Crippen molar-refractivity contribution < 1.29 is 43.0 Å². The van der Waals surface area contributed by atoms with E-state index in [2.05, 4.69) is 55.7 Å². The Kier molecular flexibility index (Phi) is 30.8. The highest BCUT2D eigenvalue weighted by Crippen LogP contribution is 2.36. The van der Waals surface area contributed by atoms with Crippen molar-refractivity contribution in [3.8, 4) is 0 Å². The van der Waals surface area contributed by atoms with Gasteiger partial charge < -0.3 is 24.4 Å². The molecule has 0 aromatic carbocycles. The van der Waals surface area contributed by atoms with Crippen LogP contribution < -0.4 is 0 Å². The molecule has 3 N–H and O–H groups in total. The third kappa shape index (κ3) is 35.3. The zero-order valence-electron chi connectivity index (χ0n) is 30.1. The predicted molar refractivity (Wildman–Crippen MR) is 194 cm³/mol. The Hall–Kier alpha value is -2.03. The number of ether oxygens (including phenoxy) is 2. The molecule has 9 nitrogen and oxygen atoms in total. The minimum absolute atomic E-state index is 0.176. The lowest BCUT2D eigenvalue weighted by Crippen LogP contribution is -2.29. The normalized spacial score (nSPS) is 13.8. The number of allylic oxidation sites excluding steroid dienone is 7. The van der Waals surface area contributed by atoms with Gasteiger partial charge in [-0.2, -0.15) is 0 Å². The summed E-state index contributed by atoms with van der Waals surface area (Å²) in [5.74, 6) is -0.199. The number of aliphatic hydroxyl groups is 1. The van der Waals surface area contributed by atoms with Crippen LogP contribution >= 0.6 is 7.82 Å². The summed E-state index contributed by atoms with van der Waals surface area (Å²) in [7, 11) is -4.77. The van der Waals surface area contributed by atoms with E-state index in [9.17, 15) is 19.3 Å². The highest BCUT2D eigenvalue weighted by molar-refractivity contribution is 7.46. The molecule has 0 heterocycles. The highest BCUT2D eigenvalue weighted by Gasteiger charge is 2.22. The SMILES string of the molecule is CCCC(O)C/C=C\C/C=C\C/C=C\C/C=C\CCCC(=O)OC[C@H](COP(=O)(O)O)OC(=O)CCCCCCCCCCCC(C)C. The van der Waals surface area contributed by atoms with Crippen LogP contribution in [0.4, 0.5) is 0 Å². The van der Waals surface area contributed by atoms with E-state index >= 15 is 0 Å². The van der Waals surface area contributed by atoms with Gasteiger partial charge in [0.05, 0.1) is 12.7 Å². The maximum Gasteiger partial charge on any atom is 0.469 e. The molecule has 0 rings (SSSR count). The highest BCUT2D eigenvalue weighted by atomic mass is 31.2. The Balaban J connectivity index is 4.11. The van der Waals surface area contributed by atoms with Gasteiger partial charge in [0.1, 0.15) is 6.61 Å². The van der Waals surface area contributed by atoms with Gasteiger partial charge in [-0.1, -0.05) is 134 Å². The van der Waals surface area contributed by atoms with Crippen molar-refractivity contribution in [2.45, 2.75) is 161 Å². The summed E-state index contributed by atoms with van der Waals surface area (Å²) in [5, 5.41) is 9.69. The van der Waals surface area contributed by atoms with Crippen molar-refractivity contribution in [1.29, 1.82) is 0 Å². The van der Waals surface area contributed by atoms with E-state index in [0.29, 0.717) is 25.7 Å². The van der Waals surface area contributed by atoms with Gasteiger partial charge in [0.15, 0.2) is 6.10 Å². The molecule has 0 aromatic heterocycles. The van der Waals surface area contributed by atoms with E-state index in [4.69, 9.17) is 19.3 Å². The number of phosphoric acid groups is 1. The van der Waals surface area contributed by atoms with E-state index in [0.717, 1.165) is 57.3 Å². The van der Waals surface area contributed by atoms with Gasteiger partial charge in [0, 0.05) is 12.8 Å². The number of rotatable bonds is 32. The molecule has 10 heteroatoms. The number of phosphoric ester groups is 1. The van der Waals surface area contributed by atoms with Crippen LogP contribution in [0.1, 0.15) is 149 Å². The summed E-state index contributed by atoms with van der Waals surface area (Å²) in [6.07, 6.45) is 33.4. The summed E-state index contributed by atoms with van der Waals surface area (Å²) >= 11 is 0. The number of esters is 2. The van der Waals surface area contributed by atoms with Crippen molar-refractivity contribution in [2.24, 2.45) is 5.92 Å². The molecule has 0 bridgehead atoms. The van der Waals surface area contributed by atoms with Crippen LogP contribution in [0.15, 0.2) is 48.6 Å². The van der Waals surface area contributed by atoms with Crippen molar-refractivity contribution >= 4 is 19.8 Å². The lowest BCUT2D eigenvalue weighted by Gasteiger charge is -2.18. The molecule has 48 heavy (non-hydrogen) atoms. The second kappa shape index (κ2) is 32.2. The summed E-state index contributed by atoms with van der Waals surface area (Å²) in [6, 6.07) is 0. The first-order valence-corrected chi connectivity index (χ1v) is 19.9. The molecule has 1 unspecified atom stereocenters. The Morgan fingerprint density at radius 2 is 1.19 bits per heavy atom. The summed E-state index contributed by atoms with van der Waals surface area (Å²) in [6.45, 7) is 5.70. The standard InChI is InChI=1S/C38H67O9P/c1-4-27-35(39)29-24-20-16-12-8-6-5-7-9-13-17-21-25-30-37(40)45-32-36(33-46-48(42,43)44)47-38(41)31-26-22-18-14-10-11-15-19-23-28-34(2)3/h5,7-8,12-13,17,20,24,34-36,39H,4,6,9-11,14-16,18-19,21-23,25-33H2,1-3H3,(H2,42,43,44)/b7-5-,12-8-,17-13-,24-20-/t35?,36-/m1/s1. The Bertz CT molecular complexity index is 952. The molecule has 0 radical (unpaired) electrons. The molecular formula is C38H67O9P. The minimum Gasteiger partial charge on any atom is -0.462 e. The number of aliphatic hydroxyl groups excluding tert-OH is 1. The van der Waals surface area contributed by atoms with Gasteiger partial charge in [0.25, 0.3) is 0 Å². The van der Waals surface area contributed by atoms with Crippen molar-refractivity contribution in [2.75, 3.05) is 13.2 Å². The second-order valence-electron chi connectivity index (χ2n) is 12.9. The Labute approximate surface area is 291 Å². The number of unbranched alkanes of at least 4 members (excludes halogenated alkanes) is 9. The largest absolute Gasteiger partial charge is 0.469 e. The lowest BCUT2D eigenvalue weighted by molar-refractivity contribution is -0.161. The van der Waals surface area contributed by atoms with Crippen LogP contribution in [0.2, 0.25) is 0 Å². The maximum absolute atomic E-state index is 12.3. The number of hydrogen-bond acceptors (Lipinski definition) is 7. The van der Waals surface area contributed by atoms with Gasteiger partial charge in [-0.25, -0.2) is 4.57 Å². The maximum atomic E-state index is 12.3. The molecule has 0 spiro atoms. The fourth-order valence-corrected chi connectivity index (χ4v) is 5.22. The van der Waals surface area contributed by atoms with E-state index in [1.54, 1.807) is 0 Å². The molecule has 0 aliphatic rings. The van der Waals surface area contributed by atoms with Gasteiger partial charge in [-0.05, 0) is 57.3 Å². The fraction of sp³-hybridized carbons (Fsp3) is 0.737. The topological polar surface area (TPSA) is 140 Å². The number of carbonyl (C=O) groups is 2. The zero-order valence-corrected chi connectivity index (χ0v) is 31.0. The quantitative estimate of drug-likeness (QED) is 0.0271. The summed E-state index contributed by atoms with van der Waals surface area (Å²) < 4.78 is 26.2. The van der Waals surface area contributed by atoms with Gasteiger partial charge in [-0.3, -0.25) is 14.1 Å². The zero-order chi connectivity index (χ0) is 35.7. The van der Waals surface area contributed by atoms with Crippen LogP contribution in [-0.4, -0.2) is 52.3 Å². The van der Waals surface area contributed by atoms with E-state index in [1.807, 2.05) is 18.2 Å². The molecule has 0 saturated heterocycles. The molecule has 0 aromatic rings. The average Bonchev–Trinajstić information content (AvgIpc) is 3.02. The summed E-state index contributed by atoms with van der Waals surface area (Å²) in [4.78, 5) is 42.6. The van der Waals surface area contributed by atoms with Crippen molar-refractivity contribution in [3.63, 3.8) is 0 Å². The number of hydrogen-bond donors (Lipinski definition) is 3. The lowest BCUT2D eigenvalue weighted by atomic mass is 10.0. The van der Waals surface area contributed by atoms with Crippen LogP contribution in [-0.2, 0) is 28.2 Å². The molecule has 278 valence electrons. The third-order valence-corrected chi connectivity index (χ3v) is 8.07. The first-order valence-electron chi connectivity index (χ1n) is 18.4. The molecule has 0 saturated carbocycles. The van der Waals surface area contributed by atoms with Crippen molar-refractivity contribution in [1.82, 2.24) is 0 Å². The third-order valence-electron chi connectivity index (χ3n) is 7.58. The molecule has 0 amide bonds. The molecule has 2 atom stereocenters. The minimum atomic E-state index is -4.77. The fourth-order valence-electron chi connectivity index (χ4n) is 4.86. The van der Waals surface area contributed by atoms with E-state index in [-0.39, 0.29) is 25.6 Å². The average molecular weight is 699 g/mol. The first kappa shape index (κ1) is 46.0. The van der Waals surface area contributed by atoms with E-state index < -0.39 is 32.5 Å². The molecule has 0 fully saturated rings. The smallest absolute Gasteiger partial charge is 0.462 e. The second-order valence-corrected chi connectivity index (χ2v) is 14.1. The molecule has 0 aliphatic heterocycles. The van der Waals surface area contributed by atoms with Crippen LogP contribution in [0.25, 0.3) is 0 Å². The van der Waals surface area contributed by atoms with E-state index in [1.165, 1.54) is 38.5 Å². The van der Waals surface area contributed by atoms with Crippen LogP contribution in [0.3, 0.4) is 0 Å². The van der Waals surface area contributed by atoms with Gasteiger partial charge in [-0.15, -0.1) is 0 Å². The number of carbonyl (C=O) groups excluding carboxylic acids is 2. The Morgan fingerprint density at radius 3 is 1.75 bits per heavy atom. The monoisotopic (exact) mass is 698 g/mol. The molecule has 0 aliphatic carbocycles. The Morgan fingerprint density at radius 1 is 0.667 bits per heavy atom. The summed E-state index contributed by atoms with van der Waals surface area (Å²) in [5.41, 5.74) is 0. The van der Waals surface area contributed by atoms with Crippen LogP contribution in [0.5, 0.6) is 0 Å². The first-order chi connectivity index (χ1) is 23.0.